The summed E-state index contributed by atoms with van der Waals surface area (Å²) in [6.45, 7) is 2.12. The fraction of sp³-hybridized carbons (Fsp3) is 0.400. The predicted octanol–water partition coefficient (Wildman–Crippen LogP) is 3.36. The molecule has 1 aromatic heterocycles. The molecule has 2 aromatic rings. The number of methoxy groups -OCH3 is 1. The second kappa shape index (κ2) is 5.35. The highest BCUT2D eigenvalue weighted by Gasteiger charge is 2.19. The third-order valence-corrected chi connectivity index (χ3v) is 4.18. The fourth-order valence-corrected chi connectivity index (χ4v) is 3.09. The number of pyridine rings is 1. The first-order valence-electron chi connectivity index (χ1n) is 6.63. The number of benzene rings is 1. The van der Waals surface area contributed by atoms with E-state index in [2.05, 4.69) is 16.4 Å². The average Bonchev–Trinajstić information content (AvgIpc) is 2.48. The lowest BCUT2D eigenvalue weighted by molar-refractivity contribution is 0.399. The Hall–Kier alpha value is -1.32. The highest BCUT2D eigenvalue weighted by molar-refractivity contribution is 6.36. The number of piperidine rings is 1. The molecule has 0 bridgehead atoms. The lowest BCUT2D eigenvalue weighted by atomic mass is 9.91. The van der Waals surface area contributed by atoms with Gasteiger partial charge in [0.1, 0.15) is 0 Å². The van der Waals surface area contributed by atoms with E-state index in [9.17, 15) is 0 Å². The van der Waals surface area contributed by atoms with Gasteiger partial charge in [0, 0.05) is 18.0 Å². The SMILES string of the molecule is COc1ccc2c(Cl)c(C3CCCNC3)ccc2n1. The molecule has 0 radical (unpaired) electrons. The maximum atomic E-state index is 6.56. The van der Waals surface area contributed by atoms with Gasteiger partial charge in [0.2, 0.25) is 5.88 Å². The Labute approximate surface area is 117 Å². The molecule has 0 amide bonds. The number of fused-ring (bicyclic) bond motifs is 1. The van der Waals surface area contributed by atoms with Gasteiger partial charge in [-0.3, -0.25) is 0 Å². The van der Waals surface area contributed by atoms with Gasteiger partial charge >= 0.3 is 0 Å². The molecular weight excluding hydrogens is 260 g/mol. The first-order chi connectivity index (χ1) is 9.29. The van der Waals surface area contributed by atoms with Crippen molar-refractivity contribution < 1.29 is 4.74 Å². The molecule has 1 atom stereocenters. The van der Waals surface area contributed by atoms with E-state index >= 15 is 0 Å². The molecule has 1 aliphatic rings. The van der Waals surface area contributed by atoms with E-state index in [0.29, 0.717) is 11.8 Å². The number of ether oxygens (including phenoxy) is 1. The summed E-state index contributed by atoms with van der Waals surface area (Å²) in [5, 5.41) is 5.27. The van der Waals surface area contributed by atoms with Crippen LogP contribution >= 0.6 is 11.6 Å². The zero-order valence-electron chi connectivity index (χ0n) is 10.9. The molecule has 2 heterocycles. The van der Waals surface area contributed by atoms with Crippen LogP contribution in [0.1, 0.15) is 24.3 Å². The normalized spacial score (nSPS) is 19.6. The number of aromatic nitrogens is 1. The first kappa shape index (κ1) is 12.7. The molecule has 0 spiro atoms. The summed E-state index contributed by atoms with van der Waals surface area (Å²) < 4.78 is 5.14. The molecular formula is C15H17ClN2O. The monoisotopic (exact) mass is 276 g/mol. The van der Waals surface area contributed by atoms with Gasteiger partial charge in [-0.05, 0) is 43.0 Å². The third-order valence-electron chi connectivity index (χ3n) is 3.76. The molecule has 19 heavy (non-hydrogen) atoms. The molecule has 1 aliphatic heterocycles. The van der Waals surface area contributed by atoms with E-state index in [4.69, 9.17) is 16.3 Å². The standard InChI is InChI=1S/C15H17ClN2O/c1-19-14-7-5-12-13(18-14)6-4-11(15(12)16)10-3-2-8-17-9-10/h4-7,10,17H,2-3,8-9H2,1H3. The zero-order chi connectivity index (χ0) is 13.2. The van der Waals surface area contributed by atoms with Crippen molar-refractivity contribution in [2.75, 3.05) is 20.2 Å². The molecule has 4 heteroatoms. The van der Waals surface area contributed by atoms with Crippen LogP contribution in [-0.4, -0.2) is 25.2 Å². The summed E-state index contributed by atoms with van der Waals surface area (Å²) in [6, 6.07) is 7.99. The van der Waals surface area contributed by atoms with Gasteiger partial charge in [0.25, 0.3) is 0 Å². The predicted molar refractivity (Wildman–Crippen MR) is 78.1 cm³/mol. The molecule has 1 unspecified atom stereocenters. The van der Waals surface area contributed by atoms with Crippen molar-refractivity contribution in [3.63, 3.8) is 0 Å². The van der Waals surface area contributed by atoms with Gasteiger partial charge in [0.05, 0.1) is 17.6 Å². The number of hydrogen-bond acceptors (Lipinski definition) is 3. The zero-order valence-corrected chi connectivity index (χ0v) is 11.7. The van der Waals surface area contributed by atoms with Crippen LogP contribution in [-0.2, 0) is 0 Å². The molecule has 1 saturated heterocycles. The highest BCUT2D eigenvalue weighted by Crippen LogP contribution is 2.34. The Morgan fingerprint density at radius 1 is 1.32 bits per heavy atom. The number of halogens is 1. The molecule has 1 fully saturated rings. The molecule has 0 aliphatic carbocycles. The van der Waals surface area contributed by atoms with Gasteiger partial charge in [-0.2, -0.15) is 0 Å². The van der Waals surface area contributed by atoms with Crippen LogP contribution in [0.3, 0.4) is 0 Å². The van der Waals surface area contributed by atoms with E-state index in [1.807, 2.05) is 18.2 Å². The number of rotatable bonds is 2. The van der Waals surface area contributed by atoms with Crippen LogP contribution in [0.5, 0.6) is 5.88 Å². The molecule has 3 rings (SSSR count). The highest BCUT2D eigenvalue weighted by atomic mass is 35.5. The summed E-state index contributed by atoms with van der Waals surface area (Å²) in [5.74, 6) is 1.13. The van der Waals surface area contributed by atoms with Gasteiger partial charge in [-0.1, -0.05) is 17.7 Å². The minimum absolute atomic E-state index is 0.507. The van der Waals surface area contributed by atoms with Crippen molar-refractivity contribution >= 4 is 22.5 Å². The van der Waals surface area contributed by atoms with Gasteiger partial charge in [0.15, 0.2) is 0 Å². The van der Waals surface area contributed by atoms with Crippen LogP contribution in [0.25, 0.3) is 10.9 Å². The third kappa shape index (κ3) is 2.40. The number of nitrogens with one attached hydrogen (secondary N) is 1. The van der Waals surface area contributed by atoms with Crippen molar-refractivity contribution in [3.8, 4) is 5.88 Å². The van der Waals surface area contributed by atoms with E-state index in [-0.39, 0.29) is 0 Å². The van der Waals surface area contributed by atoms with Crippen LogP contribution < -0.4 is 10.1 Å². The minimum Gasteiger partial charge on any atom is -0.481 e. The number of nitrogens with zero attached hydrogens (tertiary/aromatic N) is 1. The Bertz CT molecular complexity index is 594. The van der Waals surface area contributed by atoms with Crippen molar-refractivity contribution in [2.45, 2.75) is 18.8 Å². The van der Waals surface area contributed by atoms with E-state index in [0.717, 1.165) is 29.0 Å². The molecule has 100 valence electrons. The van der Waals surface area contributed by atoms with Crippen LogP contribution in [0, 0.1) is 0 Å². The van der Waals surface area contributed by atoms with Crippen molar-refractivity contribution in [1.82, 2.24) is 10.3 Å². The maximum Gasteiger partial charge on any atom is 0.213 e. The molecule has 3 nitrogen and oxygen atoms in total. The summed E-state index contributed by atoms with van der Waals surface area (Å²) in [5.41, 5.74) is 2.12. The largest absolute Gasteiger partial charge is 0.481 e. The molecule has 1 aromatic carbocycles. The average molecular weight is 277 g/mol. The smallest absolute Gasteiger partial charge is 0.213 e. The fourth-order valence-electron chi connectivity index (χ4n) is 2.71. The second-order valence-corrected chi connectivity index (χ2v) is 5.31. The summed E-state index contributed by atoms with van der Waals surface area (Å²) in [7, 11) is 1.62. The number of hydrogen-bond donors (Lipinski definition) is 1. The van der Waals surface area contributed by atoms with E-state index in [1.54, 1.807) is 7.11 Å². The maximum absolute atomic E-state index is 6.56. The van der Waals surface area contributed by atoms with Crippen molar-refractivity contribution in [3.05, 3.63) is 34.9 Å². The van der Waals surface area contributed by atoms with Crippen molar-refractivity contribution in [2.24, 2.45) is 0 Å². The molecule has 0 saturated carbocycles. The Balaban J connectivity index is 2.05. The Morgan fingerprint density at radius 3 is 2.95 bits per heavy atom. The first-order valence-corrected chi connectivity index (χ1v) is 7.01. The lowest BCUT2D eigenvalue weighted by Crippen LogP contribution is -2.28. The van der Waals surface area contributed by atoms with Crippen LogP contribution in [0.15, 0.2) is 24.3 Å². The van der Waals surface area contributed by atoms with Crippen LogP contribution in [0.4, 0.5) is 0 Å². The minimum atomic E-state index is 0.507. The summed E-state index contributed by atoms with van der Waals surface area (Å²) in [4.78, 5) is 4.42. The molecule has 1 N–H and O–H groups in total. The second-order valence-electron chi connectivity index (χ2n) is 4.93. The summed E-state index contributed by atoms with van der Waals surface area (Å²) in [6.07, 6.45) is 2.40. The quantitative estimate of drug-likeness (QED) is 0.913. The van der Waals surface area contributed by atoms with E-state index < -0.39 is 0 Å². The van der Waals surface area contributed by atoms with Crippen LogP contribution in [0.2, 0.25) is 5.02 Å². The van der Waals surface area contributed by atoms with Gasteiger partial charge in [-0.25, -0.2) is 4.98 Å². The van der Waals surface area contributed by atoms with E-state index in [1.165, 1.54) is 18.4 Å². The lowest BCUT2D eigenvalue weighted by Gasteiger charge is -2.24. The van der Waals surface area contributed by atoms with Gasteiger partial charge < -0.3 is 10.1 Å². The topological polar surface area (TPSA) is 34.1 Å². The Morgan fingerprint density at radius 2 is 2.21 bits per heavy atom. The van der Waals surface area contributed by atoms with Crippen molar-refractivity contribution in [1.29, 1.82) is 0 Å². The Kier molecular flexibility index (Phi) is 3.58. The van der Waals surface area contributed by atoms with Gasteiger partial charge in [-0.15, -0.1) is 0 Å². The summed E-state index contributed by atoms with van der Waals surface area (Å²) >= 11 is 6.56.